The van der Waals surface area contributed by atoms with E-state index in [-0.39, 0.29) is 17.5 Å². The standard InChI is InChI=1S/C26H26N6O2/c1-26(2,3)29-24(33)22-19-15-18-11-7-8-12-20(18)28-23(19)32-21(16-27-30-32)25(34)31(22)14-13-17-9-5-4-6-10-17/h4-12,15-16,22H,13-14H2,1-3H3,(H,29,33). The quantitative estimate of drug-likeness (QED) is 0.510. The highest BCUT2D eigenvalue weighted by molar-refractivity contribution is 5.99. The normalized spacial score (nSPS) is 15.6. The number of rotatable bonds is 4. The predicted molar refractivity (Wildman–Crippen MR) is 128 cm³/mol. The summed E-state index contributed by atoms with van der Waals surface area (Å²) in [4.78, 5) is 33.9. The van der Waals surface area contributed by atoms with Gasteiger partial charge in [-0.1, -0.05) is 53.7 Å². The van der Waals surface area contributed by atoms with Gasteiger partial charge in [0.15, 0.2) is 11.5 Å². The van der Waals surface area contributed by atoms with Crippen molar-refractivity contribution in [3.05, 3.63) is 83.7 Å². The Hall–Kier alpha value is -4.07. The minimum absolute atomic E-state index is 0.258. The van der Waals surface area contributed by atoms with Crippen molar-refractivity contribution >= 4 is 22.7 Å². The van der Waals surface area contributed by atoms with Gasteiger partial charge in [0.1, 0.15) is 6.04 Å². The summed E-state index contributed by atoms with van der Waals surface area (Å²) in [5.74, 6) is -0.126. The van der Waals surface area contributed by atoms with Gasteiger partial charge in [-0.3, -0.25) is 9.59 Å². The van der Waals surface area contributed by atoms with Crippen LogP contribution in [0.5, 0.6) is 0 Å². The van der Waals surface area contributed by atoms with Crippen LogP contribution in [-0.2, 0) is 11.2 Å². The first kappa shape index (κ1) is 21.8. The van der Waals surface area contributed by atoms with Crippen LogP contribution >= 0.6 is 0 Å². The number of aromatic nitrogens is 4. The molecule has 0 aliphatic carbocycles. The van der Waals surface area contributed by atoms with Crippen molar-refractivity contribution in [3.63, 3.8) is 0 Å². The molecule has 1 N–H and O–H groups in total. The summed E-state index contributed by atoms with van der Waals surface area (Å²) in [5.41, 5.74) is 2.26. The van der Waals surface area contributed by atoms with Crippen LogP contribution in [0.15, 0.2) is 66.9 Å². The van der Waals surface area contributed by atoms with Crippen LogP contribution in [0.25, 0.3) is 16.7 Å². The van der Waals surface area contributed by atoms with E-state index in [0.717, 1.165) is 16.5 Å². The number of carbonyl (C=O) groups excluding carboxylic acids is 2. The van der Waals surface area contributed by atoms with E-state index in [9.17, 15) is 9.59 Å². The molecule has 172 valence electrons. The number of pyridine rings is 1. The molecule has 2 aromatic carbocycles. The van der Waals surface area contributed by atoms with Crippen molar-refractivity contribution in [2.45, 2.75) is 38.8 Å². The van der Waals surface area contributed by atoms with Crippen LogP contribution in [-0.4, -0.2) is 48.8 Å². The Bertz CT molecular complexity index is 1370. The highest BCUT2D eigenvalue weighted by Crippen LogP contribution is 2.34. The van der Waals surface area contributed by atoms with Crippen LogP contribution in [0.1, 0.15) is 48.4 Å². The minimum atomic E-state index is -0.871. The Balaban J connectivity index is 1.69. The maximum Gasteiger partial charge on any atom is 0.275 e. The molecule has 1 aliphatic rings. The Kier molecular flexibility index (Phi) is 5.36. The Morgan fingerprint density at radius 2 is 1.79 bits per heavy atom. The molecule has 2 amide bonds. The first-order valence-electron chi connectivity index (χ1n) is 11.3. The molecular weight excluding hydrogens is 428 g/mol. The molecule has 0 radical (unpaired) electrons. The van der Waals surface area contributed by atoms with E-state index in [1.54, 1.807) is 4.90 Å². The average molecular weight is 455 g/mol. The topological polar surface area (TPSA) is 93.0 Å². The molecule has 1 unspecified atom stereocenters. The molecule has 8 heteroatoms. The zero-order chi connectivity index (χ0) is 23.9. The van der Waals surface area contributed by atoms with E-state index >= 15 is 0 Å². The second-order valence-corrected chi connectivity index (χ2v) is 9.50. The highest BCUT2D eigenvalue weighted by Gasteiger charge is 2.40. The van der Waals surface area contributed by atoms with Crippen molar-refractivity contribution in [3.8, 4) is 5.82 Å². The van der Waals surface area contributed by atoms with Crippen molar-refractivity contribution in [1.82, 2.24) is 30.2 Å². The highest BCUT2D eigenvalue weighted by atomic mass is 16.2. The summed E-state index contributed by atoms with van der Waals surface area (Å²) >= 11 is 0. The number of amides is 2. The zero-order valence-electron chi connectivity index (χ0n) is 19.4. The number of para-hydroxylation sites is 1. The molecule has 0 saturated heterocycles. The first-order valence-corrected chi connectivity index (χ1v) is 11.3. The van der Waals surface area contributed by atoms with Crippen LogP contribution in [0.2, 0.25) is 0 Å². The van der Waals surface area contributed by atoms with Gasteiger partial charge >= 0.3 is 0 Å². The van der Waals surface area contributed by atoms with Gasteiger partial charge in [-0.2, -0.15) is 4.68 Å². The number of benzene rings is 2. The molecule has 0 fully saturated rings. The van der Waals surface area contributed by atoms with Crippen LogP contribution in [0, 0.1) is 0 Å². The van der Waals surface area contributed by atoms with Gasteiger partial charge < -0.3 is 10.2 Å². The molecule has 3 heterocycles. The monoisotopic (exact) mass is 454 g/mol. The zero-order valence-corrected chi connectivity index (χ0v) is 19.4. The van der Waals surface area contributed by atoms with Gasteiger partial charge in [0.2, 0.25) is 5.91 Å². The molecule has 5 rings (SSSR count). The molecule has 0 spiro atoms. The second kappa shape index (κ2) is 8.37. The lowest BCUT2D eigenvalue weighted by molar-refractivity contribution is -0.127. The van der Waals surface area contributed by atoms with E-state index in [4.69, 9.17) is 4.98 Å². The van der Waals surface area contributed by atoms with Crippen molar-refractivity contribution < 1.29 is 9.59 Å². The summed E-state index contributed by atoms with van der Waals surface area (Å²) in [6, 6.07) is 18.7. The smallest absolute Gasteiger partial charge is 0.275 e. The lowest BCUT2D eigenvalue weighted by Gasteiger charge is -2.32. The van der Waals surface area contributed by atoms with Crippen LogP contribution < -0.4 is 5.32 Å². The summed E-state index contributed by atoms with van der Waals surface area (Å²) in [5, 5.41) is 12.1. The minimum Gasteiger partial charge on any atom is -0.349 e. The fourth-order valence-corrected chi connectivity index (χ4v) is 4.31. The molecule has 1 atom stereocenters. The number of nitrogens with one attached hydrogen (secondary N) is 1. The van der Waals surface area contributed by atoms with Crippen LogP contribution in [0.4, 0.5) is 0 Å². The third-order valence-corrected chi connectivity index (χ3v) is 5.80. The molecule has 4 aromatic rings. The maximum atomic E-state index is 13.8. The Morgan fingerprint density at radius 3 is 2.56 bits per heavy atom. The number of hydrogen-bond donors (Lipinski definition) is 1. The first-order chi connectivity index (χ1) is 16.3. The number of carbonyl (C=O) groups is 2. The molecule has 34 heavy (non-hydrogen) atoms. The molecule has 2 aromatic heterocycles. The van der Waals surface area contributed by atoms with Gasteiger partial charge in [0.05, 0.1) is 11.7 Å². The van der Waals surface area contributed by atoms with E-state index in [1.165, 1.54) is 10.9 Å². The van der Waals surface area contributed by atoms with Crippen molar-refractivity contribution in [2.75, 3.05) is 6.54 Å². The molecular formula is C26H26N6O2. The third kappa shape index (κ3) is 4.03. The third-order valence-electron chi connectivity index (χ3n) is 5.80. The van der Waals surface area contributed by atoms with Crippen molar-refractivity contribution in [2.24, 2.45) is 0 Å². The fraction of sp³-hybridized carbons (Fsp3) is 0.269. The molecule has 0 bridgehead atoms. The van der Waals surface area contributed by atoms with Crippen molar-refractivity contribution in [1.29, 1.82) is 0 Å². The Morgan fingerprint density at radius 1 is 1.06 bits per heavy atom. The fourth-order valence-electron chi connectivity index (χ4n) is 4.31. The molecule has 8 nitrogen and oxygen atoms in total. The second-order valence-electron chi connectivity index (χ2n) is 9.50. The van der Waals surface area contributed by atoms with E-state index in [2.05, 4.69) is 15.6 Å². The largest absolute Gasteiger partial charge is 0.349 e. The van der Waals surface area contributed by atoms with Gasteiger partial charge in [0.25, 0.3) is 5.91 Å². The van der Waals surface area contributed by atoms with Gasteiger partial charge in [-0.15, -0.1) is 5.10 Å². The Labute approximate surface area is 197 Å². The van der Waals surface area contributed by atoms with E-state index < -0.39 is 11.6 Å². The van der Waals surface area contributed by atoms with Gasteiger partial charge in [-0.05, 0) is 44.9 Å². The maximum absolute atomic E-state index is 13.8. The molecule has 1 aliphatic heterocycles. The number of nitrogens with zero attached hydrogens (tertiary/aromatic N) is 5. The average Bonchev–Trinajstić information content (AvgIpc) is 3.27. The number of hydrogen-bond acceptors (Lipinski definition) is 5. The lowest BCUT2D eigenvalue weighted by Crippen LogP contribution is -2.49. The summed E-state index contributed by atoms with van der Waals surface area (Å²) in [6.45, 7) is 6.12. The SMILES string of the molecule is CC(C)(C)NC(=O)C1c2cc3ccccc3nc2-n2nncc2C(=O)N1CCc1ccccc1. The number of fused-ring (bicyclic) bond motifs is 4. The molecule has 0 saturated carbocycles. The van der Waals surface area contributed by atoms with E-state index in [1.807, 2.05) is 81.4 Å². The summed E-state index contributed by atoms with van der Waals surface area (Å²) in [7, 11) is 0. The summed E-state index contributed by atoms with van der Waals surface area (Å²) in [6.07, 6.45) is 2.03. The predicted octanol–water partition coefficient (Wildman–Crippen LogP) is 3.47. The summed E-state index contributed by atoms with van der Waals surface area (Å²) < 4.78 is 1.45. The lowest BCUT2D eigenvalue weighted by atomic mass is 10.00. The van der Waals surface area contributed by atoms with Crippen LogP contribution in [0.3, 0.4) is 0 Å². The van der Waals surface area contributed by atoms with Gasteiger partial charge in [-0.25, -0.2) is 4.98 Å². The van der Waals surface area contributed by atoms with Gasteiger partial charge in [0, 0.05) is 23.0 Å². The van der Waals surface area contributed by atoms with E-state index in [0.29, 0.717) is 24.3 Å².